The van der Waals surface area contributed by atoms with Crippen molar-refractivity contribution >= 4 is 22.7 Å². The van der Waals surface area contributed by atoms with Crippen molar-refractivity contribution in [1.82, 2.24) is 9.97 Å². The summed E-state index contributed by atoms with van der Waals surface area (Å²) in [4.78, 5) is 8.21. The number of fused-ring (bicyclic) bond motifs is 1. The van der Waals surface area contributed by atoms with E-state index in [2.05, 4.69) is 42.9 Å². The molecule has 5 heteroatoms. The molecule has 0 saturated carbocycles. The fraction of sp³-hybridized carbons (Fsp3) is 0.222. The van der Waals surface area contributed by atoms with Crippen LogP contribution < -0.4 is 16.2 Å². The quantitative estimate of drug-likeness (QED) is 0.750. The molecule has 0 unspecified atom stereocenters. The molecule has 1 heterocycles. The Balaban J connectivity index is 1.99. The smallest absolute Gasteiger partial charge is 0.222 e. The third kappa shape index (κ3) is 3.04. The van der Waals surface area contributed by atoms with E-state index >= 15 is 0 Å². The first kappa shape index (κ1) is 15.1. The summed E-state index contributed by atoms with van der Waals surface area (Å²) in [7, 11) is 0. The molecule has 2 aromatic carbocycles. The molecule has 0 atom stereocenters. The molecule has 0 bridgehead atoms. The van der Waals surface area contributed by atoms with E-state index in [1.807, 2.05) is 30.3 Å². The van der Waals surface area contributed by atoms with Gasteiger partial charge in [-0.2, -0.15) is 4.98 Å². The lowest BCUT2D eigenvalue weighted by atomic mass is 9.87. The summed E-state index contributed by atoms with van der Waals surface area (Å²) in [5.41, 5.74) is 13.6. The summed E-state index contributed by atoms with van der Waals surface area (Å²) < 4.78 is 5.98. The molecule has 1 aromatic heterocycles. The van der Waals surface area contributed by atoms with Crippen LogP contribution in [0.25, 0.3) is 10.9 Å². The van der Waals surface area contributed by atoms with E-state index in [0.29, 0.717) is 22.5 Å². The number of ether oxygens (including phenoxy) is 1. The van der Waals surface area contributed by atoms with Crippen LogP contribution in [0.15, 0.2) is 42.5 Å². The lowest BCUT2D eigenvalue weighted by Crippen LogP contribution is -2.10. The lowest BCUT2D eigenvalue weighted by molar-refractivity contribution is 0.487. The van der Waals surface area contributed by atoms with Crippen LogP contribution >= 0.6 is 0 Å². The van der Waals surface area contributed by atoms with Crippen molar-refractivity contribution in [2.45, 2.75) is 26.2 Å². The van der Waals surface area contributed by atoms with Crippen LogP contribution in [0.1, 0.15) is 26.3 Å². The predicted octanol–water partition coefficient (Wildman–Crippen LogP) is 3.88. The first-order valence-electron chi connectivity index (χ1n) is 7.45. The van der Waals surface area contributed by atoms with E-state index in [1.54, 1.807) is 0 Å². The summed E-state index contributed by atoms with van der Waals surface area (Å²) in [6.45, 7) is 6.53. The minimum absolute atomic E-state index is 0.105. The van der Waals surface area contributed by atoms with Crippen molar-refractivity contribution in [2.24, 2.45) is 0 Å². The number of aromatic nitrogens is 2. The zero-order chi connectivity index (χ0) is 16.6. The van der Waals surface area contributed by atoms with Gasteiger partial charge in [0.1, 0.15) is 17.3 Å². The normalized spacial score (nSPS) is 11.6. The molecule has 0 aliphatic heterocycles. The molecule has 0 aliphatic carbocycles. The van der Waals surface area contributed by atoms with Gasteiger partial charge < -0.3 is 16.2 Å². The van der Waals surface area contributed by atoms with E-state index < -0.39 is 0 Å². The summed E-state index contributed by atoms with van der Waals surface area (Å²) >= 11 is 0. The van der Waals surface area contributed by atoms with Gasteiger partial charge in [0, 0.05) is 0 Å². The van der Waals surface area contributed by atoms with Gasteiger partial charge in [0.15, 0.2) is 0 Å². The average molecular weight is 308 g/mol. The van der Waals surface area contributed by atoms with Gasteiger partial charge in [0.25, 0.3) is 0 Å². The van der Waals surface area contributed by atoms with Crippen LogP contribution in [0.3, 0.4) is 0 Å². The molecule has 0 radical (unpaired) electrons. The highest BCUT2D eigenvalue weighted by atomic mass is 16.5. The maximum Gasteiger partial charge on any atom is 0.222 e. The lowest BCUT2D eigenvalue weighted by Gasteiger charge is -2.19. The first-order chi connectivity index (χ1) is 10.8. The molecule has 0 spiro atoms. The third-order valence-electron chi connectivity index (χ3n) is 3.68. The molecule has 0 fully saturated rings. The highest BCUT2D eigenvalue weighted by Gasteiger charge is 2.14. The van der Waals surface area contributed by atoms with Gasteiger partial charge in [0.05, 0.1) is 10.9 Å². The second-order valence-corrected chi connectivity index (χ2v) is 6.49. The topological polar surface area (TPSA) is 87.0 Å². The van der Waals surface area contributed by atoms with Gasteiger partial charge in [0.2, 0.25) is 5.95 Å². The van der Waals surface area contributed by atoms with E-state index in [-0.39, 0.29) is 11.4 Å². The van der Waals surface area contributed by atoms with Gasteiger partial charge in [-0.3, -0.25) is 0 Å². The van der Waals surface area contributed by atoms with Crippen molar-refractivity contribution in [3.63, 3.8) is 0 Å². The Morgan fingerprint density at radius 2 is 1.61 bits per heavy atom. The zero-order valence-electron chi connectivity index (χ0n) is 13.5. The molecule has 4 N–H and O–H groups in total. The number of anilines is 2. The Labute approximate surface area is 135 Å². The Hall–Kier alpha value is -2.82. The van der Waals surface area contributed by atoms with Crippen molar-refractivity contribution in [3.8, 4) is 11.5 Å². The van der Waals surface area contributed by atoms with Gasteiger partial charge in [-0.25, -0.2) is 4.98 Å². The van der Waals surface area contributed by atoms with Gasteiger partial charge >= 0.3 is 0 Å². The standard InChI is InChI=1S/C18H20N4O/c1-18(2,3)11-7-9-12(10-8-11)23-14-6-4-5-13-15(14)16(19)22-17(20)21-13/h4-10H,1-3H3,(H4,19,20,21,22). The van der Waals surface area contributed by atoms with Crippen LogP contribution in [0, 0.1) is 0 Å². The summed E-state index contributed by atoms with van der Waals surface area (Å²) in [5.74, 6) is 1.82. The number of benzene rings is 2. The number of nitrogens with zero attached hydrogens (tertiary/aromatic N) is 2. The maximum absolute atomic E-state index is 5.98. The fourth-order valence-electron chi connectivity index (χ4n) is 2.43. The van der Waals surface area contributed by atoms with E-state index in [9.17, 15) is 0 Å². The first-order valence-corrected chi connectivity index (χ1v) is 7.45. The Morgan fingerprint density at radius 1 is 0.913 bits per heavy atom. The number of hydrogen-bond donors (Lipinski definition) is 2. The summed E-state index contributed by atoms with van der Waals surface area (Å²) in [6, 6.07) is 13.6. The van der Waals surface area contributed by atoms with Crippen molar-refractivity contribution in [1.29, 1.82) is 0 Å². The van der Waals surface area contributed by atoms with E-state index in [4.69, 9.17) is 16.2 Å². The zero-order valence-corrected chi connectivity index (χ0v) is 13.5. The van der Waals surface area contributed by atoms with Crippen molar-refractivity contribution < 1.29 is 4.74 Å². The van der Waals surface area contributed by atoms with Gasteiger partial charge in [-0.15, -0.1) is 0 Å². The summed E-state index contributed by atoms with van der Waals surface area (Å²) in [6.07, 6.45) is 0. The SMILES string of the molecule is CC(C)(C)c1ccc(Oc2cccc3nc(N)nc(N)c23)cc1. The van der Waals surface area contributed by atoms with Crippen LogP contribution in [0.4, 0.5) is 11.8 Å². The van der Waals surface area contributed by atoms with E-state index in [0.717, 1.165) is 5.75 Å². The minimum atomic E-state index is 0.105. The maximum atomic E-state index is 5.98. The molecule has 3 rings (SSSR count). The van der Waals surface area contributed by atoms with E-state index in [1.165, 1.54) is 5.56 Å². The molecule has 0 aliphatic rings. The number of nitrogens with two attached hydrogens (primary N) is 2. The molecule has 0 amide bonds. The number of nitrogen functional groups attached to an aromatic ring is 2. The Morgan fingerprint density at radius 3 is 2.26 bits per heavy atom. The predicted molar refractivity (Wildman–Crippen MR) is 93.6 cm³/mol. The number of rotatable bonds is 2. The van der Waals surface area contributed by atoms with Crippen LogP contribution in [0.5, 0.6) is 11.5 Å². The molecule has 3 aromatic rings. The van der Waals surface area contributed by atoms with Gasteiger partial charge in [-0.05, 0) is 35.2 Å². The van der Waals surface area contributed by atoms with Crippen LogP contribution in [0.2, 0.25) is 0 Å². The van der Waals surface area contributed by atoms with Crippen LogP contribution in [-0.4, -0.2) is 9.97 Å². The Bertz CT molecular complexity index is 851. The molecule has 0 saturated heterocycles. The van der Waals surface area contributed by atoms with Crippen molar-refractivity contribution in [3.05, 3.63) is 48.0 Å². The molecule has 118 valence electrons. The number of hydrogen-bond acceptors (Lipinski definition) is 5. The van der Waals surface area contributed by atoms with Crippen molar-refractivity contribution in [2.75, 3.05) is 11.5 Å². The second-order valence-electron chi connectivity index (χ2n) is 6.49. The largest absolute Gasteiger partial charge is 0.457 e. The monoisotopic (exact) mass is 308 g/mol. The minimum Gasteiger partial charge on any atom is -0.457 e. The molecular formula is C18H20N4O. The molecule has 5 nitrogen and oxygen atoms in total. The second kappa shape index (κ2) is 5.43. The Kier molecular flexibility index (Phi) is 3.56. The fourth-order valence-corrected chi connectivity index (χ4v) is 2.43. The molecular weight excluding hydrogens is 288 g/mol. The highest BCUT2D eigenvalue weighted by Crippen LogP contribution is 2.33. The average Bonchev–Trinajstić information content (AvgIpc) is 2.46. The molecule has 23 heavy (non-hydrogen) atoms. The third-order valence-corrected chi connectivity index (χ3v) is 3.68. The van der Waals surface area contributed by atoms with Crippen LogP contribution in [-0.2, 0) is 5.41 Å². The van der Waals surface area contributed by atoms with Gasteiger partial charge in [-0.1, -0.05) is 39.0 Å². The summed E-state index contributed by atoms with van der Waals surface area (Å²) in [5, 5.41) is 0.668. The highest BCUT2D eigenvalue weighted by molar-refractivity contribution is 5.94.